The third-order valence-electron chi connectivity index (χ3n) is 4.61. The lowest BCUT2D eigenvalue weighted by molar-refractivity contribution is 0.438. The van der Waals surface area contributed by atoms with Crippen molar-refractivity contribution in [3.8, 4) is 0 Å². The largest absolute Gasteiger partial charge is 0.354 e. The van der Waals surface area contributed by atoms with Crippen LogP contribution in [0, 0.1) is 11.8 Å². The summed E-state index contributed by atoms with van der Waals surface area (Å²) in [7, 11) is 3.92. The maximum atomic E-state index is 4.54. The van der Waals surface area contributed by atoms with Gasteiger partial charge >= 0.3 is 0 Å². The summed E-state index contributed by atoms with van der Waals surface area (Å²) in [5.41, 5.74) is 0. The van der Waals surface area contributed by atoms with E-state index < -0.39 is 0 Å². The second-order valence-electron chi connectivity index (χ2n) is 6.53. The van der Waals surface area contributed by atoms with Crippen molar-refractivity contribution in [3.05, 3.63) is 0 Å². The number of hydrogen-bond donors (Lipinski definition) is 2. The van der Waals surface area contributed by atoms with Gasteiger partial charge in [0, 0.05) is 26.7 Å². The second kappa shape index (κ2) is 6.03. The van der Waals surface area contributed by atoms with Crippen molar-refractivity contribution < 1.29 is 0 Å². The molecule has 6 nitrogen and oxygen atoms in total. The molecule has 1 heterocycles. The average molecular weight is 290 g/mol. The molecule has 0 aromatic carbocycles. The molecule has 21 heavy (non-hydrogen) atoms. The average Bonchev–Trinajstić information content (AvgIpc) is 3.07. The number of rotatable bonds is 6. The van der Waals surface area contributed by atoms with Gasteiger partial charge < -0.3 is 15.5 Å². The summed E-state index contributed by atoms with van der Waals surface area (Å²) in [6.45, 7) is 3.01. The van der Waals surface area contributed by atoms with Crippen LogP contribution in [0.3, 0.4) is 0 Å². The van der Waals surface area contributed by atoms with Crippen LogP contribution in [-0.2, 0) is 0 Å². The van der Waals surface area contributed by atoms with Gasteiger partial charge in [-0.05, 0) is 37.5 Å². The SMILES string of the molecule is CCCNc1nc(NC2CC3CCC2C3)nc(N(C)C)n1. The molecule has 0 amide bonds. The molecule has 3 rings (SSSR count). The highest BCUT2D eigenvalue weighted by molar-refractivity contribution is 5.43. The van der Waals surface area contributed by atoms with Gasteiger partial charge in [0.05, 0.1) is 0 Å². The molecule has 1 aromatic heterocycles. The summed E-state index contributed by atoms with van der Waals surface area (Å²) in [5, 5.41) is 6.82. The van der Waals surface area contributed by atoms with Crippen molar-refractivity contribution in [3.63, 3.8) is 0 Å². The van der Waals surface area contributed by atoms with E-state index in [-0.39, 0.29) is 0 Å². The van der Waals surface area contributed by atoms with Crippen LogP contribution in [0.25, 0.3) is 0 Å². The van der Waals surface area contributed by atoms with Crippen molar-refractivity contribution in [2.24, 2.45) is 11.8 Å². The molecule has 6 heteroatoms. The zero-order valence-corrected chi connectivity index (χ0v) is 13.3. The Morgan fingerprint density at radius 3 is 2.52 bits per heavy atom. The molecule has 0 spiro atoms. The highest BCUT2D eigenvalue weighted by Gasteiger charge is 2.39. The van der Waals surface area contributed by atoms with Crippen molar-refractivity contribution in [1.82, 2.24) is 15.0 Å². The van der Waals surface area contributed by atoms with Crippen LogP contribution in [0.2, 0.25) is 0 Å². The van der Waals surface area contributed by atoms with Crippen molar-refractivity contribution in [1.29, 1.82) is 0 Å². The maximum absolute atomic E-state index is 4.54. The third kappa shape index (κ3) is 3.19. The lowest BCUT2D eigenvalue weighted by atomic mass is 9.95. The first-order chi connectivity index (χ1) is 10.2. The van der Waals surface area contributed by atoms with Crippen LogP contribution >= 0.6 is 0 Å². The Hall–Kier alpha value is -1.59. The minimum atomic E-state index is 0.542. The Kier molecular flexibility index (Phi) is 4.12. The Balaban J connectivity index is 1.75. The van der Waals surface area contributed by atoms with Crippen molar-refractivity contribution in [2.45, 2.75) is 45.1 Å². The number of fused-ring (bicyclic) bond motifs is 2. The lowest BCUT2D eigenvalue weighted by Gasteiger charge is -2.23. The summed E-state index contributed by atoms with van der Waals surface area (Å²) >= 11 is 0. The molecule has 0 aliphatic heterocycles. The molecular weight excluding hydrogens is 264 g/mol. The lowest BCUT2D eigenvalue weighted by Crippen LogP contribution is -2.28. The fourth-order valence-corrected chi connectivity index (χ4v) is 3.53. The second-order valence-corrected chi connectivity index (χ2v) is 6.53. The number of hydrogen-bond acceptors (Lipinski definition) is 6. The minimum absolute atomic E-state index is 0.542. The summed E-state index contributed by atoms with van der Waals surface area (Å²) in [6.07, 6.45) is 6.47. The first-order valence-electron chi connectivity index (χ1n) is 8.09. The van der Waals surface area contributed by atoms with Crippen LogP contribution in [0.1, 0.15) is 39.0 Å². The van der Waals surface area contributed by atoms with Crippen LogP contribution in [0.5, 0.6) is 0 Å². The maximum Gasteiger partial charge on any atom is 0.231 e. The van der Waals surface area contributed by atoms with Gasteiger partial charge in [-0.25, -0.2) is 0 Å². The van der Waals surface area contributed by atoms with E-state index in [0.717, 1.165) is 24.8 Å². The highest BCUT2D eigenvalue weighted by atomic mass is 15.3. The zero-order chi connectivity index (χ0) is 14.8. The Labute approximate surface area is 126 Å². The molecule has 0 saturated heterocycles. The Bertz CT molecular complexity index is 489. The molecule has 2 fully saturated rings. The topological polar surface area (TPSA) is 66.0 Å². The first-order valence-corrected chi connectivity index (χ1v) is 8.09. The van der Waals surface area contributed by atoms with Gasteiger partial charge in [0.2, 0.25) is 17.8 Å². The Morgan fingerprint density at radius 1 is 1.10 bits per heavy atom. The number of aromatic nitrogens is 3. The molecule has 0 radical (unpaired) electrons. The zero-order valence-electron chi connectivity index (χ0n) is 13.3. The van der Waals surface area contributed by atoms with E-state index >= 15 is 0 Å². The molecule has 1 aromatic rings. The van der Waals surface area contributed by atoms with E-state index in [1.165, 1.54) is 25.7 Å². The van der Waals surface area contributed by atoms with E-state index in [0.29, 0.717) is 23.9 Å². The quantitative estimate of drug-likeness (QED) is 0.838. The smallest absolute Gasteiger partial charge is 0.231 e. The van der Waals surface area contributed by atoms with E-state index in [2.05, 4.69) is 32.5 Å². The van der Waals surface area contributed by atoms with Crippen LogP contribution in [0.15, 0.2) is 0 Å². The number of nitrogens with one attached hydrogen (secondary N) is 2. The highest BCUT2D eigenvalue weighted by Crippen LogP contribution is 2.45. The van der Waals surface area contributed by atoms with Gasteiger partial charge in [0.25, 0.3) is 0 Å². The normalized spacial score (nSPS) is 26.9. The summed E-state index contributed by atoms with van der Waals surface area (Å²) in [6, 6.07) is 0.542. The molecule has 2 bridgehead atoms. The summed E-state index contributed by atoms with van der Waals surface area (Å²) in [5.74, 6) is 3.81. The fourth-order valence-electron chi connectivity index (χ4n) is 3.53. The summed E-state index contributed by atoms with van der Waals surface area (Å²) < 4.78 is 0. The van der Waals surface area contributed by atoms with Gasteiger partial charge in [0.15, 0.2) is 0 Å². The molecular formula is C15H26N6. The van der Waals surface area contributed by atoms with Gasteiger partial charge in [-0.15, -0.1) is 0 Å². The standard InChI is InChI=1S/C15H26N6/c1-4-7-16-13-18-14(20-15(19-13)21(2)3)17-12-9-10-5-6-11(12)8-10/h10-12H,4-9H2,1-3H3,(H2,16,17,18,19,20). The van der Waals surface area contributed by atoms with Crippen LogP contribution in [-0.4, -0.2) is 41.6 Å². The summed E-state index contributed by atoms with van der Waals surface area (Å²) in [4.78, 5) is 15.4. The van der Waals surface area contributed by atoms with E-state index in [9.17, 15) is 0 Å². The molecule has 2 aliphatic rings. The molecule has 116 valence electrons. The van der Waals surface area contributed by atoms with Gasteiger partial charge in [-0.3, -0.25) is 0 Å². The molecule has 3 unspecified atom stereocenters. The minimum Gasteiger partial charge on any atom is -0.354 e. The van der Waals surface area contributed by atoms with Crippen LogP contribution < -0.4 is 15.5 Å². The fraction of sp³-hybridized carbons (Fsp3) is 0.800. The van der Waals surface area contributed by atoms with E-state index in [1.54, 1.807) is 0 Å². The van der Waals surface area contributed by atoms with Gasteiger partial charge in [-0.2, -0.15) is 15.0 Å². The van der Waals surface area contributed by atoms with Crippen molar-refractivity contribution in [2.75, 3.05) is 36.2 Å². The van der Waals surface area contributed by atoms with Gasteiger partial charge in [0.1, 0.15) is 0 Å². The molecule has 3 atom stereocenters. The van der Waals surface area contributed by atoms with E-state index in [4.69, 9.17) is 0 Å². The predicted molar refractivity (Wildman–Crippen MR) is 85.8 cm³/mol. The predicted octanol–water partition coefficient (Wildman–Crippen LogP) is 2.36. The van der Waals surface area contributed by atoms with Crippen molar-refractivity contribution >= 4 is 17.8 Å². The van der Waals surface area contributed by atoms with Crippen LogP contribution in [0.4, 0.5) is 17.8 Å². The molecule has 2 N–H and O–H groups in total. The number of nitrogens with zero attached hydrogens (tertiary/aromatic N) is 4. The molecule has 2 aliphatic carbocycles. The third-order valence-corrected chi connectivity index (χ3v) is 4.61. The Morgan fingerprint density at radius 2 is 1.90 bits per heavy atom. The monoisotopic (exact) mass is 290 g/mol. The first kappa shape index (κ1) is 14.4. The van der Waals surface area contributed by atoms with E-state index in [1.807, 2.05) is 19.0 Å². The number of anilines is 3. The van der Waals surface area contributed by atoms with Gasteiger partial charge in [-0.1, -0.05) is 13.3 Å². The molecule has 2 saturated carbocycles.